The molecule has 4 atom stereocenters. The molecular formula is C10H15N5NaO10P2. The predicted octanol–water partition coefficient (Wildman–Crippen LogP) is -1.80. The number of phosphoric ester groups is 1. The van der Waals surface area contributed by atoms with Crippen LogP contribution in [0.2, 0.25) is 0 Å². The van der Waals surface area contributed by atoms with Gasteiger partial charge in [-0.25, -0.2) is 14.1 Å². The van der Waals surface area contributed by atoms with E-state index in [-0.39, 0.29) is 53.1 Å². The van der Waals surface area contributed by atoms with Crippen LogP contribution >= 0.6 is 15.6 Å². The van der Waals surface area contributed by atoms with Crippen LogP contribution in [0.25, 0.3) is 11.2 Å². The van der Waals surface area contributed by atoms with Gasteiger partial charge in [-0.15, -0.1) is 0 Å². The number of hydrogen-bond acceptors (Lipinski definition) is 10. The summed E-state index contributed by atoms with van der Waals surface area (Å²) in [6.07, 6.45) is -1.91. The first kappa shape index (κ1) is 23.6. The molecular weight excluding hydrogens is 435 g/mol. The minimum Gasteiger partial charge on any atom is -0.390 e. The van der Waals surface area contributed by atoms with E-state index < -0.39 is 46.2 Å². The smallest absolute Gasteiger partial charge is 0.390 e. The molecule has 7 N–H and O–H groups in total. The van der Waals surface area contributed by atoms with Crippen LogP contribution in [0.15, 0.2) is 11.1 Å². The number of anilines is 1. The van der Waals surface area contributed by atoms with Gasteiger partial charge in [0, 0.05) is 36.0 Å². The summed E-state index contributed by atoms with van der Waals surface area (Å²) >= 11 is 0. The summed E-state index contributed by atoms with van der Waals surface area (Å²) in [6, 6.07) is 0. The van der Waals surface area contributed by atoms with Crippen LogP contribution in [0.5, 0.6) is 0 Å². The molecule has 2 aromatic heterocycles. The number of aliphatic hydroxyl groups is 1. The number of ether oxygens (including phenoxy) is 1. The molecule has 2 aromatic rings. The van der Waals surface area contributed by atoms with Crippen LogP contribution in [-0.4, -0.2) is 87.7 Å². The molecule has 1 saturated heterocycles. The average molecular weight is 450 g/mol. The normalized spacial score (nSPS) is 24.8. The van der Waals surface area contributed by atoms with Crippen LogP contribution in [-0.2, 0) is 22.7 Å². The summed E-state index contributed by atoms with van der Waals surface area (Å²) in [5.74, 6) is -0.150. The van der Waals surface area contributed by atoms with E-state index in [0.717, 1.165) is 0 Å². The van der Waals surface area contributed by atoms with Crippen molar-refractivity contribution in [2.75, 3.05) is 12.3 Å². The molecule has 0 spiro atoms. The number of H-pyrrole nitrogens is 1. The third kappa shape index (κ3) is 5.48. The predicted molar refractivity (Wildman–Crippen MR) is 91.8 cm³/mol. The molecule has 28 heavy (non-hydrogen) atoms. The zero-order valence-corrected chi connectivity index (χ0v) is 18.1. The van der Waals surface area contributed by atoms with E-state index >= 15 is 0 Å². The van der Waals surface area contributed by atoms with Crippen molar-refractivity contribution in [1.82, 2.24) is 19.5 Å². The molecule has 15 nitrogen and oxygen atoms in total. The van der Waals surface area contributed by atoms with Crippen molar-refractivity contribution in [2.45, 2.75) is 24.9 Å². The third-order valence-electron chi connectivity index (χ3n) is 3.58. The van der Waals surface area contributed by atoms with Gasteiger partial charge in [-0.1, -0.05) is 0 Å². The van der Waals surface area contributed by atoms with E-state index in [2.05, 4.69) is 23.8 Å². The molecule has 0 saturated carbocycles. The van der Waals surface area contributed by atoms with E-state index in [1.165, 1.54) is 10.9 Å². The van der Waals surface area contributed by atoms with Crippen molar-refractivity contribution in [3.05, 3.63) is 16.7 Å². The van der Waals surface area contributed by atoms with Gasteiger partial charge in [0.1, 0.15) is 12.3 Å². The van der Waals surface area contributed by atoms with E-state index in [1.807, 2.05) is 0 Å². The number of aromatic amines is 1. The second-order valence-electron chi connectivity index (χ2n) is 5.54. The number of nitrogens with zero attached hydrogens (tertiary/aromatic N) is 3. The Morgan fingerprint density at radius 2 is 2.07 bits per heavy atom. The van der Waals surface area contributed by atoms with Gasteiger partial charge < -0.3 is 30.3 Å². The summed E-state index contributed by atoms with van der Waals surface area (Å²) in [6.45, 7) is -0.700. The minimum atomic E-state index is -5.26. The Bertz CT molecular complexity index is 1010. The van der Waals surface area contributed by atoms with Crippen LogP contribution in [0.3, 0.4) is 0 Å². The number of phosphoric acid groups is 2. The van der Waals surface area contributed by atoms with Gasteiger partial charge in [-0.3, -0.25) is 18.9 Å². The van der Waals surface area contributed by atoms with Crippen molar-refractivity contribution in [2.24, 2.45) is 0 Å². The largest absolute Gasteiger partial charge is 0.481 e. The maximum absolute atomic E-state index is 11.8. The fourth-order valence-corrected chi connectivity index (χ4v) is 4.11. The number of fused-ring (bicyclic) bond motifs is 1. The van der Waals surface area contributed by atoms with Gasteiger partial charge in [0.25, 0.3) is 5.56 Å². The molecule has 1 aliphatic heterocycles. The van der Waals surface area contributed by atoms with Crippen molar-refractivity contribution in [3.63, 3.8) is 0 Å². The number of nitrogens with one attached hydrogen (secondary N) is 1. The van der Waals surface area contributed by atoms with Crippen molar-refractivity contribution in [1.29, 1.82) is 0 Å². The fourth-order valence-electron chi connectivity index (χ4n) is 2.52. The SMILES string of the molecule is Nc1nc2c(ncn2[C@@H]2C[C@@H](O)[C@H](COP(=O)(O)OP(=O)(O)O)O2)c(=O)[nH]1.[Na]. The molecule has 1 aliphatic rings. The average Bonchev–Trinajstić information content (AvgIpc) is 3.06. The first-order valence-electron chi connectivity index (χ1n) is 7.25. The Balaban J connectivity index is 0.00000280. The van der Waals surface area contributed by atoms with Crippen LogP contribution < -0.4 is 11.3 Å². The minimum absolute atomic E-state index is 0. The summed E-state index contributed by atoms with van der Waals surface area (Å²) in [5, 5.41) is 10.1. The number of nitrogens with two attached hydrogens (primary N) is 1. The molecule has 0 aliphatic carbocycles. The topological polar surface area (TPSA) is 232 Å². The molecule has 3 rings (SSSR count). The molecule has 1 radical (unpaired) electrons. The van der Waals surface area contributed by atoms with E-state index in [9.17, 15) is 23.9 Å². The van der Waals surface area contributed by atoms with Gasteiger partial charge in [-0.05, 0) is 0 Å². The second kappa shape index (κ2) is 8.60. The summed E-state index contributed by atoms with van der Waals surface area (Å²) in [4.78, 5) is 48.3. The van der Waals surface area contributed by atoms with Gasteiger partial charge in [0.2, 0.25) is 5.95 Å². The van der Waals surface area contributed by atoms with Crippen LogP contribution in [0.4, 0.5) is 5.95 Å². The zero-order chi connectivity index (χ0) is 20.0. The standard InChI is InChI=1S/C10H15N5O10P2.Na/c11-10-13-8-7(9(17)14-10)12-3-15(8)6-1-4(16)5(24-6)2-23-27(21,22)25-26(18,19)20;/h3-6,16H,1-2H2,(H,21,22)(H2,18,19,20)(H3,11,13,14,17);/t4-,5+,6+;/m1./s1. The monoisotopic (exact) mass is 450 g/mol. The maximum atomic E-state index is 11.8. The summed E-state index contributed by atoms with van der Waals surface area (Å²) in [5.41, 5.74) is 5.03. The quantitative estimate of drug-likeness (QED) is 0.211. The van der Waals surface area contributed by atoms with Crippen molar-refractivity contribution < 1.29 is 42.5 Å². The first-order chi connectivity index (χ1) is 12.5. The Labute approximate surface area is 178 Å². The van der Waals surface area contributed by atoms with E-state index in [1.54, 1.807) is 0 Å². The molecule has 3 heterocycles. The number of aromatic nitrogens is 4. The summed E-state index contributed by atoms with van der Waals surface area (Å²) in [7, 11) is -10.3. The first-order valence-corrected chi connectivity index (χ1v) is 10.3. The molecule has 18 heteroatoms. The summed E-state index contributed by atoms with van der Waals surface area (Å²) < 4.78 is 37.0. The number of imidazole rings is 1. The number of hydrogen-bond donors (Lipinski definition) is 6. The Kier molecular flexibility index (Phi) is 7.25. The van der Waals surface area contributed by atoms with Gasteiger partial charge in [-0.2, -0.15) is 9.29 Å². The number of rotatable bonds is 6. The van der Waals surface area contributed by atoms with Crippen LogP contribution in [0, 0.1) is 0 Å². The van der Waals surface area contributed by atoms with E-state index in [0.29, 0.717) is 0 Å². The van der Waals surface area contributed by atoms with E-state index in [4.69, 9.17) is 20.3 Å². The van der Waals surface area contributed by atoms with Crippen molar-refractivity contribution in [3.8, 4) is 0 Å². The van der Waals surface area contributed by atoms with Gasteiger partial charge in [0.05, 0.1) is 19.0 Å². The third-order valence-corrected chi connectivity index (χ3v) is 5.73. The molecule has 1 unspecified atom stereocenters. The maximum Gasteiger partial charge on any atom is 0.481 e. The fraction of sp³-hybridized carbons (Fsp3) is 0.500. The van der Waals surface area contributed by atoms with Crippen LogP contribution in [0.1, 0.15) is 12.6 Å². The number of aliphatic hydroxyl groups excluding tert-OH is 1. The Morgan fingerprint density at radius 3 is 2.71 bits per heavy atom. The molecule has 0 aromatic carbocycles. The molecule has 0 amide bonds. The Morgan fingerprint density at radius 1 is 1.39 bits per heavy atom. The van der Waals surface area contributed by atoms with Gasteiger partial charge >= 0.3 is 15.6 Å². The Hall–Kier alpha value is -0.670. The molecule has 1 fully saturated rings. The van der Waals surface area contributed by atoms with Gasteiger partial charge in [0.15, 0.2) is 11.2 Å². The van der Waals surface area contributed by atoms with Crippen molar-refractivity contribution >= 4 is 62.3 Å². The molecule has 0 bridgehead atoms. The number of nitrogen functional groups attached to an aromatic ring is 1. The molecule has 151 valence electrons. The second-order valence-corrected chi connectivity index (χ2v) is 8.37. The zero-order valence-electron chi connectivity index (χ0n) is 14.3.